The number of hydrogen-bond acceptors (Lipinski definition) is 3. The van der Waals surface area contributed by atoms with Crippen LogP contribution >= 0.6 is 0 Å². The van der Waals surface area contributed by atoms with Crippen molar-refractivity contribution in [3.05, 3.63) is 77.6 Å². The molecule has 1 heterocycles. The maximum Gasteiger partial charge on any atom is 0.258 e. The van der Waals surface area contributed by atoms with Gasteiger partial charge in [0.05, 0.1) is 5.69 Å². The maximum absolute atomic E-state index is 13.5. The number of nitrogens with one attached hydrogen (secondary N) is 1. The van der Waals surface area contributed by atoms with Crippen LogP contribution < -0.4 is 10.2 Å². The Hall–Kier alpha value is -3.74. The number of hydrogen-bond donors (Lipinski definition) is 1. The van der Waals surface area contributed by atoms with Gasteiger partial charge in [0.15, 0.2) is 0 Å². The molecule has 3 amide bonds. The van der Waals surface area contributed by atoms with Crippen molar-refractivity contribution >= 4 is 34.2 Å². The predicted octanol–water partition coefficient (Wildman–Crippen LogP) is 5.44. The summed E-state index contributed by atoms with van der Waals surface area (Å²) in [6.45, 7) is 8.16. The van der Waals surface area contributed by atoms with Gasteiger partial charge in [-0.2, -0.15) is 0 Å². The predicted molar refractivity (Wildman–Crippen MR) is 144 cm³/mol. The van der Waals surface area contributed by atoms with Gasteiger partial charge in [-0.15, -0.1) is 0 Å². The van der Waals surface area contributed by atoms with Crippen molar-refractivity contribution in [3.8, 4) is 0 Å². The fraction of sp³-hybridized carbons (Fsp3) is 0.367. The Bertz CT molecular complexity index is 1310. The Balaban J connectivity index is 1.49. The highest BCUT2D eigenvalue weighted by molar-refractivity contribution is 6.25. The summed E-state index contributed by atoms with van der Waals surface area (Å²) < 4.78 is 13.5. The Kier molecular flexibility index (Phi) is 7.62. The normalized spacial score (nSPS) is 13.6. The first kappa shape index (κ1) is 26.3. The van der Waals surface area contributed by atoms with Crippen molar-refractivity contribution in [2.75, 3.05) is 11.4 Å². The van der Waals surface area contributed by atoms with Crippen LogP contribution in [0.3, 0.4) is 0 Å². The van der Waals surface area contributed by atoms with Gasteiger partial charge in [0.25, 0.3) is 5.91 Å². The number of amides is 3. The van der Waals surface area contributed by atoms with E-state index in [2.05, 4.69) is 5.32 Å². The number of halogens is 1. The van der Waals surface area contributed by atoms with Crippen molar-refractivity contribution < 1.29 is 18.8 Å². The zero-order chi connectivity index (χ0) is 26.7. The summed E-state index contributed by atoms with van der Waals surface area (Å²) in [5.74, 6) is -0.811. The molecule has 37 heavy (non-hydrogen) atoms. The molecule has 6 nitrogen and oxygen atoms in total. The van der Waals surface area contributed by atoms with Crippen LogP contribution in [0.25, 0.3) is 10.8 Å². The molecule has 0 saturated heterocycles. The lowest BCUT2D eigenvalue weighted by Gasteiger charge is -2.33. The third-order valence-corrected chi connectivity index (χ3v) is 6.57. The summed E-state index contributed by atoms with van der Waals surface area (Å²) in [6, 6.07) is 16.9. The van der Waals surface area contributed by atoms with E-state index in [0.29, 0.717) is 24.9 Å². The van der Waals surface area contributed by atoms with Crippen LogP contribution in [0.5, 0.6) is 0 Å². The monoisotopic (exact) mass is 503 g/mol. The second kappa shape index (κ2) is 10.7. The Morgan fingerprint density at radius 2 is 1.70 bits per heavy atom. The Morgan fingerprint density at radius 3 is 2.35 bits per heavy atom. The van der Waals surface area contributed by atoms with Gasteiger partial charge < -0.3 is 15.1 Å². The molecule has 0 bridgehead atoms. The number of anilines is 1. The first-order chi connectivity index (χ1) is 17.6. The van der Waals surface area contributed by atoms with Crippen molar-refractivity contribution in [3.63, 3.8) is 0 Å². The van der Waals surface area contributed by atoms with Crippen molar-refractivity contribution in [1.82, 2.24) is 10.2 Å². The van der Waals surface area contributed by atoms with Gasteiger partial charge in [-0.1, -0.05) is 43.3 Å². The summed E-state index contributed by atoms with van der Waals surface area (Å²) in [7, 11) is 0. The molecule has 1 aliphatic heterocycles. The van der Waals surface area contributed by atoms with E-state index >= 15 is 0 Å². The standard InChI is InChI=1S/C30H34FN3O3/c1-5-24(28(36)32-30(2,3)4)34(19-20-14-16-22(31)17-15-20)26(35)13-8-18-33-25-12-7-10-21-9-6-11-23(27(21)25)29(33)37/h6-7,9-12,14-17,24H,5,8,13,18-19H2,1-4H3,(H,32,36)/t24-/m1/s1. The molecule has 0 fully saturated rings. The van der Waals surface area contributed by atoms with Gasteiger partial charge in [-0.3, -0.25) is 14.4 Å². The zero-order valence-corrected chi connectivity index (χ0v) is 21.9. The summed E-state index contributed by atoms with van der Waals surface area (Å²) >= 11 is 0. The smallest absolute Gasteiger partial charge is 0.258 e. The average molecular weight is 504 g/mol. The van der Waals surface area contributed by atoms with E-state index in [1.165, 1.54) is 12.1 Å². The topological polar surface area (TPSA) is 69.7 Å². The first-order valence-corrected chi connectivity index (χ1v) is 12.8. The van der Waals surface area contributed by atoms with Crippen LogP contribution in [0.15, 0.2) is 60.7 Å². The minimum Gasteiger partial charge on any atom is -0.350 e. The number of carbonyl (C=O) groups excluding carboxylic acids is 3. The second-order valence-corrected chi connectivity index (χ2v) is 10.6. The summed E-state index contributed by atoms with van der Waals surface area (Å²) in [4.78, 5) is 43.0. The molecule has 1 aliphatic rings. The van der Waals surface area contributed by atoms with Crippen molar-refractivity contribution in [1.29, 1.82) is 0 Å². The van der Waals surface area contributed by atoms with E-state index in [4.69, 9.17) is 0 Å². The molecule has 0 radical (unpaired) electrons. The van der Waals surface area contributed by atoms with Crippen LogP contribution in [-0.2, 0) is 16.1 Å². The molecule has 194 valence electrons. The zero-order valence-electron chi connectivity index (χ0n) is 21.9. The Morgan fingerprint density at radius 1 is 1.03 bits per heavy atom. The van der Waals surface area contributed by atoms with Crippen LogP contribution in [0.1, 0.15) is 62.9 Å². The lowest BCUT2D eigenvalue weighted by molar-refractivity contribution is -0.142. The van der Waals surface area contributed by atoms with E-state index in [1.54, 1.807) is 21.9 Å². The Labute approximate surface area is 217 Å². The minimum absolute atomic E-state index is 0.0570. The van der Waals surface area contributed by atoms with Gasteiger partial charge in [-0.05, 0) is 68.8 Å². The lowest BCUT2D eigenvalue weighted by atomic mass is 10.0. The number of rotatable bonds is 9. The summed E-state index contributed by atoms with van der Waals surface area (Å²) in [6.07, 6.45) is 1.07. The van der Waals surface area contributed by atoms with Crippen molar-refractivity contribution in [2.45, 2.75) is 65.1 Å². The molecule has 0 aromatic heterocycles. The first-order valence-electron chi connectivity index (χ1n) is 12.8. The molecule has 3 aromatic rings. The third kappa shape index (κ3) is 5.82. The van der Waals surface area contributed by atoms with E-state index in [1.807, 2.05) is 64.1 Å². The number of nitrogens with zero attached hydrogens (tertiary/aromatic N) is 2. The second-order valence-electron chi connectivity index (χ2n) is 10.6. The third-order valence-electron chi connectivity index (χ3n) is 6.57. The molecule has 0 unspecified atom stereocenters. The summed E-state index contributed by atoms with van der Waals surface area (Å²) in [5, 5.41) is 4.95. The van der Waals surface area contributed by atoms with Crippen LogP contribution in [-0.4, -0.2) is 40.7 Å². The lowest BCUT2D eigenvalue weighted by Crippen LogP contribution is -2.53. The average Bonchev–Trinajstić information content (AvgIpc) is 3.12. The van der Waals surface area contributed by atoms with Crippen LogP contribution in [0.4, 0.5) is 10.1 Å². The molecular formula is C30H34FN3O3. The molecular weight excluding hydrogens is 469 g/mol. The maximum atomic E-state index is 13.5. The van der Waals surface area contributed by atoms with E-state index in [0.717, 1.165) is 22.0 Å². The SMILES string of the molecule is CC[C@H](C(=O)NC(C)(C)C)N(Cc1ccc(F)cc1)C(=O)CCCN1C(=O)c2cccc3cccc1c23. The molecule has 0 spiro atoms. The van der Waals surface area contributed by atoms with Crippen LogP contribution in [0.2, 0.25) is 0 Å². The highest BCUT2D eigenvalue weighted by Crippen LogP contribution is 2.37. The highest BCUT2D eigenvalue weighted by atomic mass is 19.1. The van der Waals surface area contributed by atoms with E-state index in [-0.39, 0.29) is 36.5 Å². The molecule has 0 aliphatic carbocycles. The minimum atomic E-state index is -0.664. The fourth-order valence-corrected chi connectivity index (χ4v) is 4.89. The molecule has 0 saturated carbocycles. The van der Waals surface area contributed by atoms with Gasteiger partial charge >= 0.3 is 0 Å². The molecule has 4 rings (SSSR count). The van der Waals surface area contributed by atoms with Gasteiger partial charge in [0.2, 0.25) is 11.8 Å². The number of benzene rings is 3. The van der Waals surface area contributed by atoms with Gasteiger partial charge in [-0.25, -0.2) is 4.39 Å². The van der Waals surface area contributed by atoms with Crippen molar-refractivity contribution in [2.24, 2.45) is 0 Å². The van der Waals surface area contributed by atoms with Gasteiger partial charge in [0, 0.05) is 36.0 Å². The van der Waals surface area contributed by atoms with Crippen LogP contribution in [0, 0.1) is 5.82 Å². The van der Waals surface area contributed by atoms with Gasteiger partial charge in [0.1, 0.15) is 11.9 Å². The fourth-order valence-electron chi connectivity index (χ4n) is 4.89. The largest absolute Gasteiger partial charge is 0.350 e. The van der Waals surface area contributed by atoms with E-state index < -0.39 is 11.6 Å². The molecule has 7 heteroatoms. The molecule has 1 N–H and O–H groups in total. The molecule has 3 aromatic carbocycles. The summed E-state index contributed by atoms with van der Waals surface area (Å²) in [5.41, 5.74) is 1.85. The van der Waals surface area contributed by atoms with E-state index in [9.17, 15) is 18.8 Å². The number of carbonyl (C=O) groups is 3. The quantitative estimate of drug-likeness (QED) is 0.423. The highest BCUT2D eigenvalue weighted by Gasteiger charge is 2.32. The molecule has 1 atom stereocenters.